The molecule has 0 heterocycles. The number of ether oxygens (including phenoxy) is 2. The third kappa shape index (κ3) is 10.7. The number of phenolic OH excluding ortho intramolecular Hbond substituents is 1. The van der Waals surface area contributed by atoms with Crippen molar-refractivity contribution in [2.75, 3.05) is 7.11 Å². The molecule has 39 heavy (non-hydrogen) atoms. The van der Waals surface area contributed by atoms with Crippen LogP contribution in [0.2, 0.25) is 0 Å². The fraction of sp³-hybridized carbons (Fsp3) is 0.448. The van der Waals surface area contributed by atoms with Crippen molar-refractivity contribution in [1.29, 1.82) is 0 Å². The van der Waals surface area contributed by atoms with Crippen LogP contribution in [-0.4, -0.2) is 59.8 Å². The molecule has 0 unspecified atom stereocenters. The maximum atomic E-state index is 13.4. The van der Waals surface area contributed by atoms with Gasteiger partial charge >= 0.3 is 12.1 Å². The van der Waals surface area contributed by atoms with Crippen LogP contribution in [0.3, 0.4) is 0 Å². The largest absolute Gasteiger partial charge is 0.508 e. The maximum Gasteiger partial charge on any atom is 0.408 e. The normalized spacial score (nSPS) is 13.5. The highest BCUT2D eigenvalue weighted by atomic mass is 16.6. The second-order valence-corrected chi connectivity index (χ2v) is 10.6. The van der Waals surface area contributed by atoms with E-state index in [1.165, 1.54) is 19.2 Å². The number of nitrogens with one attached hydrogen (secondary N) is 3. The molecule has 0 saturated heterocycles. The van der Waals surface area contributed by atoms with Gasteiger partial charge in [-0.25, -0.2) is 9.59 Å². The van der Waals surface area contributed by atoms with Gasteiger partial charge in [0.15, 0.2) is 0 Å². The molecule has 0 aliphatic heterocycles. The second kappa shape index (κ2) is 14.2. The molecule has 4 N–H and O–H groups in total. The van der Waals surface area contributed by atoms with Crippen LogP contribution < -0.4 is 16.0 Å². The Labute approximate surface area is 229 Å². The Balaban J connectivity index is 2.22. The lowest BCUT2D eigenvalue weighted by Gasteiger charge is -2.28. The molecule has 212 valence electrons. The summed E-state index contributed by atoms with van der Waals surface area (Å²) < 4.78 is 10.2. The van der Waals surface area contributed by atoms with Gasteiger partial charge < -0.3 is 30.5 Å². The molecular formula is C29H39N3O7. The average Bonchev–Trinajstić information content (AvgIpc) is 2.86. The van der Waals surface area contributed by atoms with Crippen LogP contribution in [0.15, 0.2) is 54.6 Å². The van der Waals surface area contributed by atoms with Gasteiger partial charge in [-0.15, -0.1) is 0 Å². The number of hydrogen-bond acceptors (Lipinski definition) is 7. The van der Waals surface area contributed by atoms with E-state index in [9.17, 15) is 24.3 Å². The minimum absolute atomic E-state index is 0.0621. The molecule has 10 nitrogen and oxygen atoms in total. The molecule has 3 atom stereocenters. The summed E-state index contributed by atoms with van der Waals surface area (Å²) in [6, 6.07) is 12.3. The van der Waals surface area contributed by atoms with E-state index in [-0.39, 0.29) is 24.5 Å². The first-order chi connectivity index (χ1) is 18.3. The van der Waals surface area contributed by atoms with Gasteiger partial charge in [0.25, 0.3) is 0 Å². The first-order valence-corrected chi connectivity index (χ1v) is 12.8. The molecule has 0 bridgehead atoms. The van der Waals surface area contributed by atoms with E-state index in [0.29, 0.717) is 5.56 Å². The van der Waals surface area contributed by atoms with Crippen LogP contribution >= 0.6 is 0 Å². The Bertz CT molecular complexity index is 1110. The van der Waals surface area contributed by atoms with Gasteiger partial charge in [0.1, 0.15) is 29.5 Å². The third-order valence-corrected chi connectivity index (χ3v) is 5.72. The molecule has 0 aromatic heterocycles. The average molecular weight is 542 g/mol. The van der Waals surface area contributed by atoms with Crippen molar-refractivity contribution in [2.24, 2.45) is 5.92 Å². The zero-order valence-corrected chi connectivity index (χ0v) is 23.3. The first-order valence-electron chi connectivity index (χ1n) is 12.8. The van der Waals surface area contributed by atoms with Gasteiger partial charge in [-0.05, 0) is 49.9 Å². The highest BCUT2D eigenvalue weighted by molar-refractivity contribution is 5.93. The van der Waals surface area contributed by atoms with Gasteiger partial charge in [-0.3, -0.25) is 9.59 Å². The lowest BCUT2D eigenvalue weighted by Crippen LogP contribution is -2.58. The van der Waals surface area contributed by atoms with Crippen molar-refractivity contribution in [3.63, 3.8) is 0 Å². The first kappa shape index (κ1) is 31.1. The maximum absolute atomic E-state index is 13.4. The molecule has 0 fully saturated rings. The number of esters is 1. The van der Waals surface area contributed by atoms with Gasteiger partial charge in [0.05, 0.1) is 7.11 Å². The molecule has 0 spiro atoms. The molecule has 3 amide bonds. The molecule has 2 rings (SSSR count). The summed E-state index contributed by atoms with van der Waals surface area (Å²) in [6.07, 6.45) is -0.501. The SMILES string of the molecule is COC(=O)[C@H](Cc1ccccc1)NC(=O)[C@@H](NC(=O)[C@H](Cc1ccc(O)cc1)NC(=O)OC(C)(C)C)C(C)C. The monoisotopic (exact) mass is 541 g/mol. The van der Waals surface area contributed by atoms with E-state index in [0.717, 1.165) is 5.56 Å². The predicted molar refractivity (Wildman–Crippen MR) is 146 cm³/mol. The van der Waals surface area contributed by atoms with Crippen LogP contribution in [0.4, 0.5) is 4.79 Å². The molecule has 10 heteroatoms. The second-order valence-electron chi connectivity index (χ2n) is 10.6. The van der Waals surface area contributed by atoms with Gasteiger partial charge in [-0.2, -0.15) is 0 Å². The number of carbonyl (C=O) groups excluding carboxylic acids is 4. The number of amides is 3. The number of phenols is 1. The summed E-state index contributed by atoms with van der Waals surface area (Å²) in [4.78, 5) is 51.6. The number of hydrogen-bond donors (Lipinski definition) is 4. The number of benzene rings is 2. The third-order valence-electron chi connectivity index (χ3n) is 5.72. The van der Waals surface area contributed by atoms with E-state index >= 15 is 0 Å². The van der Waals surface area contributed by atoms with E-state index in [1.807, 2.05) is 30.3 Å². The molecular weight excluding hydrogens is 502 g/mol. The zero-order chi connectivity index (χ0) is 29.2. The Morgan fingerprint density at radius 2 is 1.36 bits per heavy atom. The summed E-state index contributed by atoms with van der Waals surface area (Å²) in [5.41, 5.74) is 0.711. The van der Waals surface area contributed by atoms with E-state index < -0.39 is 47.6 Å². The number of aromatic hydroxyl groups is 1. The number of carbonyl (C=O) groups is 4. The zero-order valence-electron chi connectivity index (χ0n) is 23.3. The van der Waals surface area contributed by atoms with Gasteiger partial charge in [-0.1, -0.05) is 56.3 Å². The molecule has 0 aliphatic carbocycles. The summed E-state index contributed by atoms with van der Waals surface area (Å²) in [6.45, 7) is 8.62. The van der Waals surface area contributed by atoms with Gasteiger partial charge in [0.2, 0.25) is 11.8 Å². The van der Waals surface area contributed by atoms with Crippen LogP contribution in [0.1, 0.15) is 45.7 Å². The highest BCUT2D eigenvalue weighted by Crippen LogP contribution is 2.14. The van der Waals surface area contributed by atoms with Crippen molar-refractivity contribution in [3.05, 3.63) is 65.7 Å². The van der Waals surface area contributed by atoms with Crippen LogP contribution in [-0.2, 0) is 36.7 Å². The molecule has 2 aromatic carbocycles. The van der Waals surface area contributed by atoms with Crippen molar-refractivity contribution < 1.29 is 33.8 Å². The van der Waals surface area contributed by atoms with Crippen LogP contribution in [0, 0.1) is 5.92 Å². The number of methoxy groups -OCH3 is 1. The lowest BCUT2D eigenvalue weighted by molar-refractivity contribution is -0.145. The molecule has 0 radical (unpaired) electrons. The fourth-order valence-electron chi connectivity index (χ4n) is 3.76. The summed E-state index contributed by atoms with van der Waals surface area (Å²) >= 11 is 0. The number of rotatable bonds is 11. The highest BCUT2D eigenvalue weighted by Gasteiger charge is 2.32. The fourth-order valence-corrected chi connectivity index (χ4v) is 3.76. The van der Waals surface area contributed by atoms with Gasteiger partial charge in [0, 0.05) is 12.8 Å². The van der Waals surface area contributed by atoms with Crippen molar-refractivity contribution in [3.8, 4) is 5.75 Å². The standard InChI is InChI=1S/C29H39N3O7/c1-18(2)24(26(35)30-23(27(36)38-6)17-19-10-8-7-9-11-19)32-25(34)22(31-28(37)39-29(3,4)5)16-20-12-14-21(33)15-13-20/h7-15,18,22-24,33H,16-17H2,1-6H3,(H,30,35)(H,31,37)(H,32,34)/t22-,23-,24-/m0/s1. The van der Waals surface area contributed by atoms with Crippen LogP contribution in [0.5, 0.6) is 5.75 Å². The molecule has 0 saturated carbocycles. The summed E-state index contributed by atoms with van der Waals surface area (Å²) in [7, 11) is 1.24. The molecule has 0 aliphatic rings. The smallest absolute Gasteiger partial charge is 0.408 e. The van der Waals surface area contributed by atoms with E-state index in [2.05, 4.69) is 16.0 Å². The topological polar surface area (TPSA) is 143 Å². The van der Waals surface area contributed by atoms with E-state index in [4.69, 9.17) is 9.47 Å². The van der Waals surface area contributed by atoms with Crippen molar-refractivity contribution in [2.45, 2.75) is 71.2 Å². The molecule has 2 aromatic rings. The quantitative estimate of drug-likeness (QED) is 0.320. The number of alkyl carbamates (subject to hydrolysis) is 1. The Morgan fingerprint density at radius 1 is 0.795 bits per heavy atom. The van der Waals surface area contributed by atoms with E-state index in [1.54, 1.807) is 46.8 Å². The Morgan fingerprint density at radius 3 is 1.90 bits per heavy atom. The minimum atomic E-state index is -1.08. The van der Waals surface area contributed by atoms with Crippen molar-refractivity contribution in [1.82, 2.24) is 16.0 Å². The Hall–Kier alpha value is -4.08. The minimum Gasteiger partial charge on any atom is -0.508 e. The summed E-state index contributed by atoms with van der Waals surface area (Å²) in [5, 5.41) is 17.6. The Kier molecular flexibility index (Phi) is 11.3. The predicted octanol–water partition coefficient (Wildman–Crippen LogP) is 2.87. The van der Waals surface area contributed by atoms with Crippen LogP contribution in [0.25, 0.3) is 0 Å². The summed E-state index contributed by atoms with van der Waals surface area (Å²) in [5.74, 6) is -2.07. The lowest BCUT2D eigenvalue weighted by atomic mass is 9.99. The van der Waals surface area contributed by atoms with Crippen molar-refractivity contribution >= 4 is 23.9 Å².